The maximum atomic E-state index is 12.8. The van der Waals surface area contributed by atoms with Crippen molar-refractivity contribution in [2.24, 2.45) is 0 Å². The third-order valence-corrected chi connectivity index (χ3v) is 3.82. The van der Waals surface area contributed by atoms with Crippen molar-refractivity contribution in [1.29, 1.82) is 0 Å². The highest BCUT2D eigenvalue weighted by molar-refractivity contribution is 6.23. The summed E-state index contributed by atoms with van der Waals surface area (Å²) < 4.78 is 5.61. The molecule has 0 bridgehead atoms. The van der Waals surface area contributed by atoms with E-state index in [1.165, 1.54) is 24.3 Å². The number of carbonyl (C=O) groups excluding carboxylic acids is 2. The molecule has 0 fully saturated rings. The first kappa shape index (κ1) is 15.7. The summed E-state index contributed by atoms with van der Waals surface area (Å²) in [5.41, 5.74) is 1.26. The number of rotatable bonds is 2. The molecule has 2 amide bonds. The van der Waals surface area contributed by atoms with Crippen LogP contribution in [0, 0.1) is 17.0 Å². The van der Waals surface area contributed by atoms with Crippen LogP contribution in [0.5, 0.6) is 5.75 Å². The van der Waals surface area contributed by atoms with E-state index in [2.05, 4.69) is 0 Å². The highest BCUT2D eigenvalue weighted by Gasteiger charge is 2.36. The molecule has 122 valence electrons. The fraction of sp³-hybridized carbons (Fsp3) is 0.176. The minimum absolute atomic E-state index is 0.121. The summed E-state index contributed by atoms with van der Waals surface area (Å²) in [6.07, 6.45) is -0.791. The number of ether oxygens (including phenoxy) is 1. The van der Waals surface area contributed by atoms with Crippen molar-refractivity contribution < 1.29 is 19.2 Å². The molecule has 7 heteroatoms. The van der Waals surface area contributed by atoms with Gasteiger partial charge in [-0.15, -0.1) is 0 Å². The second-order valence-electron chi connectivity index (χ2n) is 5.47. The molecule has 0 spiro atoms. The topological polar surface area (TPSA) is 89.8 Å². The van der Waals surface area contributed by atoms with E-state index in [-0.39, 0.29) is 11.3 Å². The van der Waals surface area contributed by atoms with E-state index in [0.717, 1.165) is 10.5 Å². The van der Waals surface area contributed by atoms with Crippen LogP contribution < -0.4 is 9.64 Å². The van der Waals surface area contributed by atoms with Crippen LogP contribution in [0.3, 0.4) is 0 Å². The second-order valence-corrected chi connectivity index (χ2v) is 5.47. The normalized spacial score (nSPS) is 16.3. The quantitative estimate of drug-likeness (QED) is 0.481. The molecule has 3 rings (SSSR count). The smallest absolute Gasteiger partial charge is 0.274 e. The van der Waals surface area contributed by atoms with Crippen LogP contribution in [-0.4, -0.2) is 22.8 Å². The van der Waals surface area contributed by atoms with Crippen molar-refractivity contribution in [3.8, 4) is 5.75 Å². The summed E-state index contributed by atoms with van der Waals surface area (Å²) in [7, 11) is 0. The molecule has 1 heterocycles. The fourth-order valence-corrected chi connectivity index (χ4v) is 2.56. The Hall–Kier alpha value is -3.22. The third-order valence-electron chi connectivity index (χ3n) is 3.82. The molecule has 0 radical (unpaired) electrons. The van der Waals surface area contributed by atoms with Gasteiger partial charge < -0.3 is 4.74 Å². The Balaban J connectivity index is 2.04. The zero-order chi connectivity index (χ0) is 17.4. The second kappa shape index (κ2) is 5.77. The van der Waals surface area contributed by atoms with E-state index in [0.29, 0.717) is 11.4 Å². The maximum absolute atomic E-state index is 12.8. The number of nitro groups is 1. The maximum Gasteiger partial charge on any atom is 0.274 e. The number of carbonyl (C=O) groups is 2. The number of hydrogen-bond acceptors (Lipinski definition) is 5. The first-order chi connectivity index (χ1) is 11.4. The molecule has 0 saturated carbocycles. The Morgan fingerprint density at radius 3 is 2.50 bits per heavy atom. The number of non-ortho nitro benzene ring substituents is 1. The van der Waals surface area contributed by atoms with Crippen molar-refractivity contribution in [3.63, 3.8) is 0 Å². The molecule has 2 aromatic rings. The molecule has 0 aliphatic carbocycles. The van der Waals surface area contributed by atoms with Crippen LogP contribution in [0.2, 0.25) is 0 Å². The average Bonchev–Trinajstić information content (AvgIpc) is 2.56. The Morgan fingerprint density at radius 2 is 1.88 bits per heavy atom. The molecule has 0 N–H and O–H groups in total. The predicted molar refractivity (Wildman–Crippen MR) is 86.2 cm³/mol. The fourth-order valence-electron chi connectivity index (χ4n) is 2.56. The van der Waals surface area contributed by atoms with E-state index >= 15 is 0 Å². The zero-order valence-electron chi connectivity index (χ0n) is 13.1. The Labute approximate surface area is 137 Å². The summed E-state index contributed by atoms with van der Waals surface area (Å²) in [5, 5.41) is 10.7. The van der Waals surface area contributed by atoms with Crippen molar-refractivity contribution in [1.82, 2.24) is 0 Å². The monoisotopic (exact) mass is 326 g/mol. The lowest BCUT2D eigenvalue weighted by Crippen LogP contribution is -2.47. The molecule has 1 atom stereocenters. The van der Waals surface area contributed by atoms with Crippen LogP contribution in [0.15, 0.2) is 42.5 Å². The molecule has 0 saturated heterocycles. The van der Waals surface area contributed by atoms with E-state index in [1.54, 1.807) is 19.1 Å². The number of nitrogens with zero attached hydrogens (tertiary/aromatic N) is 2. The number of para-hydroxylation sites is 1. The van der Waals surface area contributed by atoms with Crippen molar-refractivity contribution in [3.05, 3.63) is 63.7 Å². The molecule has 1 aliphatic rings. The number of nitro benzene ring substituents is 1. The lowest BCUT2D eigenvalue weighted by molar-refractivity contribution is -0.384. The van der Waals surface area contributed by atoms with Gasteiger partial charge in [-0.3, -0.25) is 19.7 Å². The van der Waals surface area contributed by atoms with Gasteiger partial charge >= 0.3 is 0 Å². The largest absolute Gasteiger partial charge is 0.478 e. The molecule has 0 aromatic heterocycles. The molecule has 2 aromatic carbocycles. The predicted octanol–water partition coefficient (Wildman–Crippen LogP) is 2.86. The molecule has 1 aliphatic heterocycles. The van der Waals surface area contributed by atoms with Crippen LogP contribution >= 0.6 is 0 Å². The summed E-state index contributed by atoms with van der Waals surface area (Å²) >= 11 is 0. The average molecular weight is 326 g/mol. The van der Waals surface area contributed by atoms with Gasteiger partial charge in [-0.25, -0.2) is 4.90 Å². The van der Waals surface area contributed by atoms with Gasteiger partial charge in [0.2, 0.25) is 0 Å². The molecule has 7 nitrogen and oxygen atoms in total. The lowest BCUT2D eigenvalue weighted by Gasteiger charge is -2.32. The first-order valence-electron chi connectivity index (χ1n) is 7.29. The highest BCUT2D eigenvalue weighted by atomic mass is 16.6. The lowest BCUT2D eigenvalue weighted by atomic mass is 10.1. The number of benzene rings is 2. The van der Waals surface area contributed by atoms with Gasteiger partial charge in [0.1, 0.15) is 5.75 Å². The molecule has 1 unspecified atom stereocenters. The van der Waals surface area contributed by atoms with Gasteiger partial charge in [-0.2, -0.15) is 0 Å². The van der Waals surface area contributed by atoms with Gasteiger partial charge in [0, 0.05) is 17.7 Å². The van der Waals surface area contributed by atoms with Crippen molar-refractivity contribution in [2.45, 2.75) is 20.0 Å². The first-order valence-corrected chi connectivity index (χ1v) is 7.29. The summed E-state index contributed by atoms with van der Waals surface area (Å²) in [6, 6.07) is 10.3. The summed E-state index contributed by atoms with van der Waals surface area (Å²) in [4.78, 5) is 36.5. The Kier molecular flexibility index (Phi) is 3.76. The standard InChI is InChI=1S/C17H14N2O5/c1-10-4-3-5-14-15(10)24-11(2)16(20)18(14)17(21)12-6-8-13(9-7-12)19(22)23/h3-9,11H,1-2H3. The Morgan fingerprint density at radius 1 is 1.21 bits per heavy atom. The van der Waals surface area contributed by atoms with E-state index in [4.69, 9.17) is 4.74 Å². The number of amides is 2. The van der Waals surface area contributed by atoms with Crippen LogP contribution in [0.4, 0.5) is 11.4 Å². The molecule has 24 heavy (non-hydrogen) atoms. The summed E-state index contributed by atoms with van der Waals surface area (Å²) in [6.45, 7) is 3.41. The Bertz CT molecular complexity index is 845. The number of hydrogen-bond donors (Lipinski definition) is 0. The number of anilines is 1. The SMILES string of the molecule is Cc1cccc2c1OC(C)C(=O)N2C(=O)c1ccc([N+](=O)[O-])cc1. The van der Waals surface area contributed by atoms with Gasteiger partial charge in [-0.05, 0) is 37.6 Å². The van der Waals surface area contributed by atoms with Crippen LogP contribution in [-0.2, 0) is 4.79 Å². The van der Waals surface area contributed by atoms with Gasteiger partial charge in [0.15, 0.2) is 6.10 Å². The van der Waals surface area contributed by atoms with Gasteiger partial charge in [-0.1, -0.05) is 12.1 Å². The number of imide groups is 1. The van der Waals surface area contributed by atoms with Crippen molar-refractivity contribution >= 4 is 23.2 Å². The minimum atomic E-state index is -0.791. The van der Waals surface area contributed by atoms with E-state index in [9.17, 15) is 19.7 Å². The van der Waals surface area contributed by atoms with Crippen molar-refractivity contribution in [2.75, 3.05) is 4.90 Å². The van der Waals surface area contributed by atoms with E-state index in [1.807, 2.05) is 13.0 Å². The third kappa shape index (κ3) is 2.50. The molecular formula is C17H14N2O5. The number of fused-ring (bicyclic) bond motifs is 1. The van der Waals surface area contributed by atoms with Gasteiger partial charge in [0.25, 0.3) is 17.5 Å². The van der Waals surface area contributed by atoms with Crippen LogP contribution in [0.25, 0.3) is 0 Å². The zero-order valence-corrected chi connectivity index (χ0v) is 13.1. The van der Waals surface area contributed by atoms with E-state index < -0.39 is 22.8 Å². The molecular weight excluding hydrogens is 312 g/mol. The number of aryl methyl sites for hydroxylation is 1. The van der Waals surface area contributed by atoms with Gasteiger partial charge in [0.05, 0.1) is 10.6 Å². The summed E-state index contributed by atoms with van der Waals surface area (Å²) in [5.74, 6) is -0.534. The minimum Gasteiger partial charge on any atom is -0.478 e. The van der Waals surface area contributed by atoms with Crippen LogP contribution in [0.1, 0.15) is 22.8 Å². The highest BCUT2D eigenvalue weighted by Crippen LogP contribution is 2.37.